The number of carboxylic acid groups (broad SMARTS) is 1. The van der Waals surface area contributed by atoms with E-state index in [9.17, 15) is 15.0 Å². The van der Waals surface area contributed by atoms with Gasteiger partial charge in [-0.2, -0.15) is 0 Å². The van der Waals surface area contributed by atoms with Crippen LogP contribution in [0, 0.1) is 5.92 Å². The Kier molecular flexibility index (Phi) is 7.56. The number of aliphatic carboxylic acids is 1. The SMILES string of the molecule is CC(O)N(c1ccc(O)cc1)C1CCCC1CCCCCCC(=O)O. The molecular weight excluding hydrogens is 318 g/mol. The van der Waals surface area contributed by atoms with Crippen molar-refractivity contribution in [3.05, 3.63) is 24.3 Å². The molecular formula is C20H31NO4. The van der Waals surface area contributed by atoms with E-state index in [-0.39, 0.29) is 12.2 Å². The number of hydrogen-bond acceptors (Lipinski definition) is 4. The monoisotopic (exact) mass is 349 g/mol. The molecule has 0 bridgehead atoms. The summed E-state index contributed by atoms with van der Waals surface area (Å²) in [6.07, 6.45) is 8.19. The van der Waals surface area contributed by atoms with Gasteiger partial charge in [-0.3, -0.25) is 4.79 Å². The zero-order valence-corrected chi connectivity index (χ0v) is 15.1. The standard InChI is InChI=1S/C20H31NO4/c1-15(22)21(17-11-13-18(23)14-12-17)19-9-6-8-16(19)7-4-2-3-5-10-20(24)25/h11-16,19,22-23H,2-10H2,1H3,(H,24,25). The van der Waals surface area contributed by atoms with Crippen molar-refractivity contribution in [2.75, 3.05) is 4.90 Å². The van der Waals surface area contributed by atoms with Gasteiger partial charge in [-0.05, 0) is 62.8 Å². The summed E-state index contributed by atoms with van der Waals surface area (Å²) in [5.74, 6) is 0.0823. The molecule has 5 heteroatoms. The van der Waals surface area contributed by atoms with Crippen molar-refractivity contribution in [3.8, 4) is 5.75 Å². The highest BCUT2D eigenvalue weighted by Gasteiger charge is 2.33. The lowest BCUT2D eigenvalue weighted by atomic mass is 9.94. The smallest absolute Gasteiger partial charge is 0.303 e. The molecule has 0 radical (unpaired) electrons. The minimum absolute atomic E-state index is 0.235. The van der Waals surface area contributed by atoms with Crippen LogP contribution in [0.15, 0.2) is 24.3 Å². The van der Waals surface area contributed by atoms with E-state index in [0.29, 0.717) is 12.0 Å². The third kappa shape index (κ3) is 5.92. The zero-order chi connectivity index (χ0) is 18.2. The fourth-order valence-corrected chi connectivity index (χ4v) is 4.07. The number of rotatable bonds is 10. The molecule has 0 saturated heterocycles. The number of benzene rings is 1. The average Bonchev–Trinajstić information content (AvgIpc) is 3.00. The molecule has 1 aliphatic rings. The first-order valence-corrected chi connectivity index (χ1v) is 9.46. The number of anilines is 1. The summed E-state index contributed by atoms with van der Waals surface area (Å²) < 4.78 is 0. The largest absolute Gasteiger partial charge is 0.508 e. The number of hydrogen-bond donors (Lipinski definition) is 3. The van der Waals surface area contributed by atoms with E-state index >= 15 is 0 Å². The second kappa shape index (κ2) is 9.66. The molecule has 3 unspecified atom stereocenters. The fourth-order valence-electron chi connectivity index (χ4n) is 4.07. The van der Waals surface area contributed by atoms with Gasteiger partial charge in [0.1, 0.15) is 12.0 Å². The van der Waals surface area contributed by atoms with Gasteiger partial charge in [-0.15, -0.1) is 0 Å². The van der Waals surface area contributed by atoms with Gasteiger partial charge in [0.05, 0.1) is 0 Å². The molecule has 1 aliphatic carbocycles. The number of nitrogens with zero attached hydrogens (tertiary/aromatic N) is 1. The van der Waals surface area contributed by atoms with E-state index in [1.54, 1.807) is 19.1 Å². The summed E-state index contributed by atoms with van der Waals surface area (Å²) in [7, 11) is 0. The van der Waals surface area contributed by atoms with Crippen molar-refractivity contribution in [2.45, 2.75) is 77.0 Å². The van der Waals surface area contributed by atoms with Crippen molar-refractivity contribution in [1.82, 2.24) is 0 Å². The van der Waals surface area contributed by atoms with Gasteiger partial charge in [0.25, 0.3) is 0 Å². The summed E-state index contributed by atoms with van der Waals surface area (Å²) in [4.78, 5) is 12.6. The Morgan fingerprint density at radius 3 is 2.48 bits per heavy atom. The van der Waals surface area contributed by atoms with Crippen LogP contribution in [0.4, 0.5) is 5.69 Å². The molecule has 1 saturated carbocycles. The summed E-state index contributed by atoms with van der Waals surface area (Å²) in [6.45, 7) is 1.80. The van der Waals surface area contributed by atoms with E-state index < -0.39 is 12.2 Å². The molecule has 0 heterocycles. The molecule has 1 aromatic rings. The fraction of sp³-hybridized carbons (Fsp3) is 0.650. The molecule has 0 aliphatic heterocycles. The quantitative estimate of drug-likeness (QED) is 0.437. The molecule has 3 atom stereocenters. The summed E-state index contributed by atoms with van der Waals surface area (Å²) >= 11 is 0. The maximum Gasteiger partial charge on any atom is 0.303 e. The van der Waals surface area contributed by atoms with Crippen molar-refractivity contribution >= 4 is 11.7 Å². The highest BCUT2D eigenvalue weighted by Crippen LogP contribution is 2.37. The number of aromatic hydroxyl groups is 1. The molecule has 0 amide bonds. The van der Waals surface area contributed by atoms with Gasteiger partial charge in [-0.1, -0.05) is 25.7 Å². The topological polar surface area (TPSA) is 81.0 Å². The van der Waals surface area contributed by atoms with E-state index in [1.165, 1.54) is 12.8 Å². The van der Waals surface area contributed by atoms with Crippen molar-refractivity contribution in [2.24, 2.45) is 5.92 Å². The lowest BCUT2D eigenvalue weighted by Crippen LogP contribution is -2.44. The van der Waals surface area contributed by atoms with Crippen LogP contribution in [0.3, 0.4) is 0 Å². The predicted molar refractivity (Wildman–Crippen MR) is 98.7 cm³/mol. The number of aliphatic hydroxyl groups excluding tert-OH is 1. The summed E-state index contributed by atoms with van der Waals surface area (Å²) in [6, 6.07) is 7.38. The van der Waals surface area contributed by atoms with E-state index in [2.05, 4.69) is 4.90 Å². The molecule has 2 rings (SSSR count). The first-order valence-electron chi connectivity index (χ1n) is 9.46. The van der Waals surface area contributed by atoms with Gasteiger partial charge in [0.15, 0.2) is 0 Å². The third-order valence-electron chi connectivity index (χ3n) is 5.24. The van der Waals surface area contributed by atoms with E-state index in [1.807, 2.05) is 12.1 Å². The molecule has 3 N–H and O–H groups in total. The molecule has 5 nitrogen and oxygen atoms in total. The Labute approximate surface area is 150 Å². The molecule has 140 valence electrons. The molecule has 1 fully saturated rings. The number of carboxylic acids is 1. The van der Waals surface area contributed by atoms with Crippen LogP contribution < -0.4 is 4.90 Å². The Morgan fingerprint density at radius 1 is 1.16 bits per heavy atom. The minimum atomic E-state index is -0.711. The zero-order valence-electron chi connectivity index (χ0n) is 15.1. The highest BCUT2D eigenvalue weighted by molar-refractivity contribution is 5.66. The van der Waals surface area contributed by atoms with Crippen LogP contribution >= 0.6 is 0 Å². The van der Waals surface area contributed by atoms with Crippen LogP contribution in [-0.4, -0.2) is 33.6 Å². The Morgan fingerprint density at radius 2 is 1.84 bits per heavy atom. The van der Waals surface area contributed by atoms with Crippen molar-refractivity contribution in [1.29, 1.82) is 0 Å². The maximum absolute atomic E-state index is 10.5. The molecule has 1 aromatic carbocycles. The van der Waals surface area contributed by atoms with Crippen molar-refractivity contribution < 1.29 is 20.1 Å². The van der Waals surface area contributed by atoms with Crippen LogP contribution in [0.1, 0.15) is 64.7 Å². The first-order chi connectivity index (χ1) is 12.0. The van der Waals surface area contributed by atoms with Crippen LogP contribution in [0.25, 0.3) is 0 Å². The Bertz CT molecular complexity index is 529. The number of phenolic OH excluding ortho intramolecular Hbond substituents is 1. The maximum atomic E-state index is 10.5. The van der Waals surface area contributed by atoms with Gasteiger partial charge in [0.2, 0.25) is 0 Å². The number of carbonyl (C=O) groups is 1. The average molecular weight is 349 g/mol. The second-order valence-electron chi connectivity index (χ2n) is 7.16. The normalized spacial score (nSPS) is 21.2. The predicted octanol–water partition coefficient (Wildman–Crippen LogP) is 4.13. The molecule has 0 aromatic heterocycles. The first kappa shape index (κ1) is 19.6. The van der Waals surface area contributed by atoms with Crippen LogP contribution in [-0.2, 0) is 4.79 Å². The summed E-state index contributed by atoms with van der Waals surface area (Å²) in [5, 5.41) is 28.5. The highest BCUT2D eigenvalue weighted by atomic mass is 16.4. The molecule has 0 spiro atoms. The van der Waals surface area contributed by atoms with Gasteiger partial charge in [-0.25, -0.2) is 0 Å². The lowest BCUT2D eigenvalue weighted by molar-refractivity contribution is -0.137. The van der Waals surface area contributed by atoms with Crippen LogP contribution in [0.2, 0.25) is 0 Å². The number of phenols is 1. The Hall–Kier alpha value is -1.75. The van der Waals surface area contributed by atoms with E-state index in [0.717, 1.165) is 44.2 Å². The van der Waals surface area contributed by atoms with Crippen LogP contribution in [0.5, 0.6) is 5.75 Å². The lowest BCUT2D eigenvalue weighted by Gasteiger charge is -2.37. The third-order valence-corrected chi connectivity index (χ3v) is 5.24. The number of unbranched alkanes of at least 4 members (excludes halogenated alkanes) is 3. The van der Waals surface area contributed by atoms with Crippen molar-refractivity contribution in [3.63, 3.8) is 0 Å². The molecule has 25 heavy (non-hydrogen) atoms. The van der Waals surface area contributed by atoms with Gasteiger partial charge < -0.3 is 20.2 Å². The minimum Gasteiger partial charge on any atom is -0.508 e. The van der Waals surface area contributed by atoms with Gasteiger partial charge >= 0.3 is 5.97 Å². The Balaban J connectivity index is 1.89. The van der Waals surface area contributed by atoms with E-state index in [4.69, 9.17) is 5.11 Å². The summed E-state index contributed by atoms with van der Waals surface area (Å²) in [5.41, 5.74) is 0.950. The second-order valence-corrected chi connectivity index (χ2v) is 7.16. The number of aliphatic hydroxyl groups is 1. The van der Waals surface area contributed by atoms with Gasteiger partial charge in [0, 0.05) is 18.2 Å².